The summed E-state index contributed by atoms with van der Waals surface area (Å²) >= 11 is 0. The summed E-state index contributed by atoms with van der Waals surface area (Å²) in [5.74, 6) is 0. The molecule has 0 fully saturated rings. The Morgan fingerprint density at radius 2 is 2.00 bits per heavy atom. The van der Waals surface area contributed by atoms with Crippen LogP contribution in [0.1, 0.15) is 22.7 Å². The van der Waals surface area contributed by atoms with Gasteiger partial charge in [-0.05, 0) is 29.7 Å². The Morgan fingerprint density at radius 1 is 1.21 bits per heavy atom. The van der Waals surface area contributed by atoms with E-state index in [1.807, 2.05) is 24.5 Å². The fourth-order valence-electron chi connectivity index (χ4n) is 2.04. The molecule has 1 unspecified atom stereocenters. The minimum absolute atomic E-state index is 0.200. The van der Waals surface area contributed by atoms with Crippen LogP contribution in [0.15, 0.2) is 48.8 Å². The zero-order valence-corrected chi connectivity index (χ0v) is 11.5. The predicted molar refractivity (Wildman–Crippen MR) is 76.9 cm³/mol. The smallest absolute Gasteiger partial charge is 0.0657 e. The highest BCUT2D eigenvalue weighted by Gasteiger charge is 2.10. The SMILES string of the molecule is COCC(NCc1cnccc1C)c1ccccc1. The van der Waals surface area contributed by atoms with E-state index in [2.05, 4.69) is 41.5 Å². The topological polar surface area (TPSA) is 34.1 Å². The highest BCUT2D eigenvalue weighted by molar-refractivity contribution is 5.23. The van der Waals surface area contributed by atoms with Crippen LogP contribution < -0.4 is 5.32 Å². The zero-order chi connectivity index (χ0) is 13.5. The first-order valence-electron chi connectivity index (χ1n) is 6.48. The van der Waals surface area contributed by atoms with Gasteiger partial charge in [0, 0.05) is 26.0 Å². The lowest BCUT2D eigenvalue weighted by atomic mass is 10.1. The number of aryl methyl sites for hydroxylation is 1. The summed E-state index contributed by atoms with van der Waals surface area (Å²) in [5, 5.41) is 3.53. The van der Waals surface area contributed by atoms with Crippen LogP contribution in [-0.2, 0) is 11.3 Å². The van der Waals surface area contributed by atoms with Crippen LogP contribution in [-0.4, -0.2) is 18.7 Å². The minimum atomic E-state index is 0.200. The lowest BCUT2D eigenvalue weighted by molar-refractivity contribution is 0.166. The average Bonchev–Trinajstić information content (AvgIpc) is 2.46. The van der Waals surface area contributed by atoms with Crippen molar-refractivity contribution < 1.29 is 4.74 Å². The number of nitrogens with one attached hydrogen (secondary N) is 1. The van der Waals surface area contributed by atoms with Gasteiger partial charge in [-0.1, -0.05) is 30.3 Å². The van der Waals surface area contributed by atoms with Crippen LogP contribution in [0.5, 0.6) is 0 Å². The van der Waals surface area contributed by atoms with E-state index < -0.39 is 0 Å². The third-order valence-corrected chi connectivity index (χ3v) is 3.22. The Hall–Kier alpha value is -1.71. The van der Waals surface area contributed by atoms with Gasteiger partial charge in [0.2, 0.25) is 0 Å². The third-order valence-electron chi connectivity index (χ3n) is 3.22. The number of rotatable bonds is 6. The van der Waals surface area contributed by atoms with E-state index in [9.17, 15) is 0 Å². The summed E-state index contributed by atoms with van der Waals surface area (Å²) in [4.78, 5) is 4.17. The number of ether oxygens (including phenoxy) is 1. The maximum absolute atomic E-state index is 5.30. The van der Waals surface area contributed by atoms with Gasteiger partial charge in [-0.15, -0.1) is 0 Å². The summed E-state index contributed by atoms with van der Waals surface area (Å²) in [5.41, 5.74) is 3.72. The molecular formula is C16H20N2O. The minimum Gasteiger partial charge on any atom is -0.383 e. The molecule has 0 aliphatic rings. The zero-order valence-electron chi connectivity index (χ0n) is 11.5. The van der Waals surface area contributed by atoms with Gasteiger partial charge < -0.3 is 10.1 Å². The van der Waals surface area contributed by atoms with Crippen molar-refractivity contribution in [1.82, 2.24) is 10.3 Å². The molecule has 3 nitrogen and oxygen atoms in total. The molecule has 2 rings (SSSR count). The molecule has 1 N–H and O–H groups in total. The second kappa shape index (κ2) is 7.02. The number of aromatic nitrogens is 1. The molecule has 0 bridgehead atoms. The van der Waals surface area contributed by atoms with E-state index >= 15 is 0 Å². The van der Waals surface area contributed by atoms with Gasteiger partial charge in [0.25, 0.3) is 0 Å². The second-order valence-electron chi connectivity index (χ2n) is 4.60. The van der Waals surface area contributed by atoms with Crippen molar-refractivity contribution in [3.05, 3.63) is 65.5 Å². The lowest BCUT2D eigenvalue weighted by Gasteiger charge is -2.19. The Balaban J connectivity index is 2.04. The number of nitrogens with zero attached hydrogens (tertiary/aromatic N) is 1. The largest absolute Gasteiger partial charge is 0.383 e. The molecule has 0 amide bonds. The van der Waals surface area contributed by atoms with Gasteiger partial charge in [-0.3, -0.25) is 4.98 Å². The molecule has 0 radical (unpaired) electrons. The Bertz CT molecular complexity index is 499. The van der Waals surface area contributed by atoms with Crippen LogP contribution in [0.3, 0.4) is 0 Å². The maximum Gasteiger partial charge on any atom is 0.0657 e. The molecule has 3 heteroatoms. The molecule has 0 spiro atoms. The van der Waals surface area contributed by atoms with E-state index in [1.54, 1.807) is 7.11 Å². The molecule has 0 aliphatic carbocycles. The molecule has 1 heterocycles. The Morgan fingerprint density at radius 3 is 2.68 bits per heavy atom. The van der Waals surface area contributed by atoms with Crippen LogP contribution in [0.4, 0.5) is 0 Å². The van der Waals surface area contributed by atoms with Crippen LogP contribution >= 0.6 is 0 Å². The molecule has 1 aromatic heterocycles. The van der Waals surface area contributed by atoms with E-state index in [4.69, 9.17) is 4.74 Å². The Kier molecular flexibility index (Phi) is 5.07. The molecule has 2 aromatic rings. The summed E-state index contributed by atoms with van der Waals surface area (Å²) in [7, 11) is 1.73. The van der Waals surface area contributed by atoms with Gasteiger partial charge in [-0.25, -0.2) is 0 Å². The Labute approximate surface area is 114 Å². The third kappa shape index (κ3) is 3.88. The monoisotopic (exact) mass is 256 g/mol. The van der Waals surface area contributed by atoms with Crippen molar-refractivity contribution in [2.24, 2.45) is 0 Å². The fourth-order valence-corrected chi connectivity index (χ4v) is 2.04. The maximum atomic E-state index is 5.30. The van der Waals surface area contributed by atoms with Gasteiger partial charge in [-0.2, -0.15) is 0 Å². The highest BCUT2D eigenvalue weighted by Crippen LogP contribution is 2.14. The number of hydrogen-bond acceptors (Lipinski definition) is 3. The van der Waals surface area contributed by atoms with Crippen molar-refractivity contribution in [2.45, 2.75) is 19.5 Å². The van der Waals surface area contributed by atoms with Crippen molar-refractivity contribution in [3.63, 3.8) is 0 Å². The van der Waals surface area contributed by atoms with Gasteiger partial charge in [0.15, 0.2) is 0 Å². The van der Waals surface area contributed by atoms with Crippen molar-refractivity contribution >= 4 is 0 Å². The van der Waals surface area contributed by atoms with E-state index in [0.717, 1.165) is 6.54 Å². The molecule has 0 saturated carbocycles. The van der Waals surface area contributed by atoms with Gasteiger partial charge >= 0.3 is 0 Å². The predicted octanol–water partition coefficient (Wildman–Crippen LogP) is 2.87. The fraction of sp³-hybridized carbons (Fsp3) is 0.312. The first-order valence-corrected chi connectivity index (χ1v) is 6.48. The summed E-state index contributed by atoms with van der Waals surface area (Å²) < 4.78 is 5.30. The molecule has 1 aromatic carbocycles. The number of pyridine rings is 1. The molecule has 0 aliphatic heterocycles. The van der Waals surface area contributed by atoms with Crippen molar-refractivity contribution in [3.8, 4) is 0 Å². The average molecular weight is 256 g/mol. The second-order valence-corrected chi connectivity index (χ2v) is 4.60. The standard InChI is InChI=1S/C16H20N2O/c1-13-8-9-17-10-15(13)11-18-16(12-19-2)14-6-4-3-5-7-14/h3-10,16,18H,11-12H2,1-2H3. The number of methoxy groups -OCH3 is 1. The van der Waals surface area contributed by atoms with Crippen LogP contribution in [0.2, 0.25) is 0 Å². The molecule has 0 saturated heterocycles. The van der Waals surface area contributed by atoms with Gasteiger partial charge in [0.05, 0.1) is 12.6 Å². The summed E-state index contributed by atoms with van der Waals surface area (Å²) in [6.45, 7) is 3.55. The molecule has 1 atom stereocenters. The van der Waals surface area contributed by atoms with Gasteiger partial charge in [0.1, 0.15) is 0 Å². The van der Waals surface area contributed by atoms with E-state index in [1.165, 1.54) is 16.7 Å². The first kappa shape index (κ1) is 13.7. The van der Waals surface area contributed by atoms with Crippen molar-refractivity contribution in [1.29, 1.82) is 0 Å². The molecule has 19 heavy (non-hydrogen) atoms. The van der Waals surface area contributed by atoms with Crippen LogP contribution in [0.25, 0.3) is 0 Å². The number of hydrogen-bond donors (Lipinski definition) is 1. The van der Waals surface area contributed by atoms with E-state index in [-0.39, 0.29) is 6.04 Å². The molecular weight excluding hydrogens is 236 g/mol. The first-order chi connectivity index (χ1) is 9.31. The summed E-state index contributed by atoms with van der Waals surface area (Å²) in [6, 6.07) is 12.6. The van der Waals surface area contributed by atoms with E-state index in [0.29, 0.717) is 6.61 Å². The van der Waals surface area contributed by atoms with Crippen LogP contribution in [0, 0.1) is 6.92 Å². The molecule has 100 valence electrons. The highest BCUT2D eigenvalue weighted by atomic mass is 16.5. The van der Waals surface area contributed by atoms with Crippen molar-refractivity contribution in [2.75, 3.05) is 13.7 Å². The quantitative estimate of drug-likeness (QED) is 0.863. The lowest BCUT2D eigenvalue weighted by Crippen LogP contribution is -2.25. The summed E-state index contributed by atoms with van der Waals surface area (Å²) in [6.07, 6.45) is 3.74. The normalized spacial score (nSPS) is 12.3. The number of benzene rings is 1.